The number of nitrogens with zero attached hydrogens (tertiary/aromatic N) is 3. The highest BCUT2D eigenvalue weighted by molar-refractivity contribution is 5.93. The Labute approximate surface area is 155 Å². The molecule has 0 bridgehead atoms. The standard InChI is InChI=1S/C21H17N5O/c1-12-6-13(9-22)7-14-2-4-18(20(12)14)24-15-3-5-17-16(8-15)21(26-25-17)19-10-23-11-27-19/h3,5-8,10-11,18,24H,2,4H2,1H3,(H,25,26)/t18-/m1/s1. The fraction of sp³-hybridized carbons (Fsp3) is 0.190. The molecule has 0 amide bonds. The molecular weight excluding hydrogens is 338 g/mol. The monoisotopic (exact) mass is 355 g/mol. The zero-order chi connectivity index (χ0) is 18.4. The minimum absolute atomic E-state index is 0.242. The number of rotatable bonds is 3. The SMILES string of the molecule is Cc1cc(C#N)cc2c1[C@H](Nc1ccc3[nH]nc(-c4cnco4)c3c1)CC2. The van der Waals surface area contributed by atoms with Crippen LogP contribution in [0.1, 0.15) is 34.7 Å². The number of aryl methyl sites for hydroxylation is 2. The summed E-state index contributed by atoms with van der Waals surface area (Å²) in [5, 5.41) is 21.2. The van der Waals surface area contributed by atoms with Crippen LogP contribution in [0.5, 0.6) is 0 Å². The van der Waals surface area contributed by atoms with Crippen molar-refractivity contribution in [2.45, 2.75) is 25.8 Å². The summed E-state index contributed by atoms with van der Waals surface area (Å²) in [5.74, 6) is 0.643. The Morgan fingerprint density at radius 2 is 2.22 bits per heavy atom. The molecule has 2 aromatic carbocycles. The average molecular weight is 355 g/mol. The van der Waals surface area contributed by atoms with E-state index in [9.17, 15) is 5.26 Å². The van der Waals surface area contributed by atoms with Crippen LogP contribution in [0.4, 0.5) is 5.69 Å². The lowest BCUT2D eigenvalue weighted by Crippen LogP contribution is -2.08. The summed E-state index contributed by atoms with van der Waals surface area (Å²) in [6.07, 6.45) is 5.08. The Bertz CT molecular complexity index is 1180. The van der Waals surface area contributed by atoms with Gasteiger partial charge >= 0.3 is 0 Å². The second-order valence-electron chi connectivity index (χ2n) is 6.91. The molecule has 1 aliphatic rings. The third kappa shape index (κ3) is 2.56. The number of hydrogen-bond donors (Lipinski definition) is 2. The Kier molecular flexibility index (Phi) is 3.47. The van der Waals surface area contributed by atoms with Gasteiger partial charge in [0, 0.05) is 11.1 Å². The van der Waals surface area contributed by atoms with E-state index in [1.165, 1.54) is 23.1 Å². The van der Waals surface area contributed by atoms with Crippen molar-refractivity contribution >= 4 is 16.6 Å². The number of hydrogen-bond acceptors (Lipinski definition) is 5. The second kappa shape index (κ2) is 5.99. The minimum atomic E-state index is 0.242. The molecule has 1 aliphatic carbocycles. The zero-order valence-electron chi connectivity index (χ0n) is 14.8. The molecule has 0 unspecified atom stereocenters. The number of oxazole rings is 1. The summed E-state index contributed by atoms with van der Waals surface area (Å²) in [5.41, 5.74) is 7.24. The molecule has 0 fully saturated rings. The number of anilines is 1. The third-order valence-corrected chi connectivity index (χ3v) is 5.22. The van der Waals surface area contributed by atoms with Crippen LogP contribution >= 0.6 is 0 Å². The van der Waals surface area contributed by atoms with Crippen LogP contribution in [0.15, 0.2) is 47.3 Å². The van der Waals surface area contributed by atoms with Crippen molar-refractivity contribution in [1.29, 1.82) is 5.26 Å². The predicted molar refractivity (Wildman–Crippen MR) is 102 cm³/mol. The van der Waals surface area contributed by atoms with Crippen LogP contribution in [0, 0.1) is 18.3 Å². The van der Waals surface area contributed by atoms with Gasteiger partial charge in [-0.2, -0.15) is 10.4 Å². The number of benzene rings is 2. The van der Waals surface area contributed by atoms with Crippen LogP contribution in [-0.2, 0) is 6.42 Å². The first-order valence-corrected chi connectivity index (χ1v) is 8.90. The van der Waals surface area contributed by atoms with E-state index in [-0.39, 0.29) is 6.04 Å². The van der Waals surface area contributed by atoms with Crippen molar-refractivity contribution in [3.8, 4) is 17.5 Å². The second-order valence-corrected chi connectivity index (χ2v) is 6.91. The quantitative estimate of drug-likeness (QED) is 0.565. The van der Waals surface area contributed by atoms with Crippen molar-refractivity contribution in [3.05, 3.63) is 65.2 Å². The Morgan fingerprint density at radius 3 is 3.04 bits per heavy atom. The number of aromatic amines is 1. The fourth-order valence-corrected chi connectivity index (χ4v) is 4.06. The maximum Gasteiger partial charge on any atom is 0.181 e. The summed E-state index contributed by atoms with van der Waals surface area (Å²) in [6.45, 7) is 2.08. The van der Waals surface area contributed by atoms with Gasteiger partial charge in [-0.3, -0.25) is 5.10 Å². The van der Waals surface area contributed by atoms with Gasteiger partial charge in [-0.05, 0) is 66.8 Å². The molecule has 6 heteroatoms. The van der Waals surface area contributed by atoms with Crippen LogP contribution < -0.4 is 5.32 Å². The van der Waals surface area contributed by atoms with E-state index in [0.717, 1.165) is 40.7 Å². The largest absolute Gasteiger partial charge is 0.442 e. The number of nitrogens with one attached hydrogen (secondary N) is 2. The van der Waals surface area contributed by atoms with E-state index in [4.69, 9.17) is 4.42 Å². The zero-order valence-corrected chi connectivity index (χ0v) is 14.8. The van der Waals surface area contributed by atoms with Crippen LogP contribution in [0.2, 0.25) is 0 Å². The van der Waals surface area contributed by atoms with Gasteiger partial charge in [-0.25, -0.2) is 4.98 Å². The van der Waals surface area contributed by atoms with E-state index in [0.29, 0.717) is 5.76 Å². The van der Waals surface area contributed by atoms with Gasteiger partial charge < -0.3 is 9.73 Å². The molecule has 5 rings (SSSR count). The Balaban J connectivity index is 1.50. The van der Waals surface area contributed by atoms with Crippen LogP contribution in [-0.4, -0.2) is 15.2 Å². The van der Waals surface area contributed by atoms with E-state index >= 15 is 0 Å². The van der Waals surface area contributed by atoms with E-state index in [1.807, 2.05) is 18.2 Å². The lowest BCUT2D eigenvalue weighted by Gasteiger charge is -2.18. The van der Waals surface area contributed by atoms with E-state index in [2.05, 4.69) is 45.6 Å². The van der Waals surface area contributed by atoms with E-state index in [1.54, 1.807) is 6.20 Å². The first kappa shape index (κ1) is 15.6. The summed E-state index contributed by atoms with van der Waals surface area (Å²) in [4.78, 5) is 3.98. The number of nitriles is 1. The van der Waals surface area contributed by atoms with Crippen LogP contribution in [0.3, 0.4) is 0 Å². The van der Waals surface area contributed by atoms with Gasteiger partial charge in [0.2, 0.25) is 0 Å². The van der Waals surface area contributed by atoms with E-state index < -0.39 is 0 Å². The molecule has 2 heterocycles. The normalized spacial score (nSPS) is 15.6. The molecule has 0 radical (unpaired) electrons. The van der Waals surface area contributed by atoms with Crippen molar-refractivity contribution in [1.82, 2.24) is 15.2 Å². The predicted octanol–water partition coefficient (Wildman–Crippen LogP) is 4.50. The molecule has 2 aromatic heterocycles. The van der Waals surface area contributed by atoms with Crippen molar-refractivity contribution in [3.63, 3.8) is 0 Å². The molecule has 27 heavy (non-hydrogen) atoms. The van der Waals surface area contributed by atoms with Gasteiger partial charge in [0.25, 0.3) is 0 Å². The van der Waals surface area contributed by atoms with Crippen molar-refractivity contribution in [2.75, 3.05) is 5.32 Å². The maximum atomic E-state index is 9.19. The molecule has 0 aliphatic heterocycles. The highest BCUT2D eigenvalue weighted by Gasteiger charge is 2.25. The molecule has 4 aromatic rings. The first-order valence-electron chi connectivity index (χ1n) is 8.90. The lowest BCUT2D eigenvalue weighted by molar-refractivity contribution is 0.570. The molecule has 0 saturated carbocycles. The summed E-state index contributed by atoms with van der Waals surface area (Å²) in [6, 6.07) is 12.7. The average Bonchev–Trinajstić information content (AvgIpc) is 3.40. The molecule has 6 nitrogen and oxygen atoms in total. The maximum absolute atomic E-state index is 9.19. The fourth-order valence-electron chi connectivity index (χ4n) is 4.06. The van der Waals surface area contributed by atoms with Gasteiger partial charge in [0.1, 0.15) is 5.69 Å². The molecule has 2 N–H and O–H groups in total. The number of fused-ring (bicyclic) bond motifs is 2. The molecule has 132 valence electrons. The summed E-state index contributed by atoms with van der Waals surface area (Å²) >= 11 is 0. The first-order chi connectivity index (χ1) is 13.2. The topological polar surface area (TPSA) is 90.5 Å². The summed E-state index contributed by atoms with van der Waals surface area (Å²) < 4.78 is 5.40. The van der Waals surface area contributed by atoms with Gasteiger partial charge in [-0.1, -0.05) is 0 Å². The molecule has 0 spiro atoms. The molecule has 1 atom stereocenters. The van der Waals surface area contributed by atoms with Gasteiger partial charge in [0.05, 0.1) is 29.4 Å². The smallest absolute Gasteiger partial charge is 0.181 e. The molecule has 0 saturated heterocycles. The Morgan fingerprint density at radius 1 is 1.30 bits per heavy atom. The van der Waals surface area contributed by atoms with Gasteiger partial charge in [-0.15, -0.1) is 0 Å². The number of aromatic nitrogens is 3. The molecular formula is C21H17N5O. The highest BCUT2D eigenvalue weighted by atomic mass is 16.3. The summed E-state index contributed by atoms with van der Waals surface area (Å²) in [7, 11) is 0. The Hall–Kier alpha value is -3.59. The van der Waals surface area contributed by atoms with Crippen LogP contribution in [0.25, 0.3) is 22.4 Å². The number of H-pyrrole nitrogens is 1. The minimum Gasteiger partial charge on any atom is -0.442 e. The highest BCUT2D eigenvalue weighted by Crippen LogP contribution is 2.37. The van der Waals surface area contributed by atoms with Gasteiger partial charge in [0.15, 0.2) is 12.2 Å². The third-order valence-electron chi connectivity index (χ3n) is 5.22. The van der Waals surface area contributed by atoms with Crippen molar-refractivity contribution < 1.29 is 4.42 Å². The van der Waals surface area contributed by atoms with Crippen molar-refractivity contribution in [2.24, 2.45) is 0 Å². The lowest BCUT2D eigenvalue weighted by atomic mass is 9.99.